The van der Waals surface area contributed by atoms with E-state index >= 15 is 0 Å². The molecule has 1 aromatic carbocycles. The summed E-state index contributed by atoms with van der Waals surface area (Å²) >= 11 is 0. The molecule has 102 valence electrons. The number of aryl methyl sites for hydroxylation is 1. The van der Waals surface area contributed by atoms with Gasteiger partial charge in [-0.2, -0.15) is 0 Å². The molecule has 0 aliphatic carbocycles. The van der Waals surface area contributed by atoms with Crippen LogP contribution < -0.4 is 4.90 Å². The number of anilines is 1. The van der Waals surface area contributed by atoms with Crippen LogP contribution in [0.4, 0.5) is 11.4 Å². The molecule has 19 heavy (non-hydrogen) atoms. The number of carbonyl (C=O) groups is 1. The first kappa shape index (κ1) is 13.3. The van der Waals surface area contributed by atoms with Crippen LogP contribution in [0, 0.1) is 23.0 Å². The minimum Gasteiger partial charge on any atom is -0.481 e. The smallest absolute Gasteiger partial charge is 0.306 e. The zero-order valence-electron chi connectivity index (χ0n) is 10.7. The number of aliphatic carboxylic acids is 1. The first-order valence-electron chi connectivity index (χ1n) is 6.22. The van der Waals surface area contributed by atoms with Crippen LogP contribution in [0.2, 0.25) is 0 Å². The highest BCUT2D eigenvalue weighted by Gasteiger charge is 2.25. The van der Waals surface area contributed by atoms with Gasteiger partial charge in [0.2, 0.25) is 0 Å². The molecule has 0 radical (unpaired) electrons. The molecule has 0 amide bonds. The lowest BCUT2D eigenvalue weighted by molar-refractivity contribution is -0.385. The van der Waals surface area contributed by atoms with Crippen LogP contribution in [0.25, 0.3) is 0 Å². The Morgan fingerprint density at radius 1 is 1.42 bits per heavy atom. The number of nitro benzene ring substituents is 1. The van der Waals surface area contributed by atoms with Gasteiger partial charge in [-0.1, -0.05) is 6.07 Å². The van der Waals surface area contributed by atoms with Crippen molar-refractivity contribution in [2.24, 2.45) is 5.92 Å². The van der Waals surface area contributed by atoms with Gasteiger partial charge in [-0.05, 0) is 25.8 Å². The maximum atomic E-state index is 10.9. The third-order valence-corrected chi connectivity index (χ3v) is 3.60. The van der Waals surface area contributed by atoms with Crippen molar-refractivity contribution in [3.63, 3.8) is 0 Å². The molecule has 1 aliphatic heterocycles. The Morgan fingerprint density at radius 2 is 2.05 bits per heavy atom. The summed E-state index contributed by atoms with van der Waals surface area (Å²) in [5.74, 6) is -1.05. The molecule has 1 saturated heterocycles. The van der Waals surface area contributed by atoms with Crippen molar-refractivity contribution >= 4 is 17.3 Å². The molecule has 1 fully saturated rings. The van der Waals surface area contributed by atoms with Crippen LogP contribution >= 0.6 is 0 Å². The highest BCUT2D eigenvalue weighted by atomic mass is 16.6. The molecule has 1 N–H and O–H groups in total. The van der Waals surface area contributed by atoms with Crippen molar-refractivity contribution in [2.75, 3.05) is 18.0 Å². The standard InChI is InChI=1S/C13H16N2O4/c1-9-2-3-11(8-12(9)15(18)19)14-6-4-10(5-7-14)13(16)17/h2-3,8,10H,4-7H2,1H3,(H,16,17). The molecule has 0 aromatic heterocycles. The van der Waals surface area contributed by atoms with E-state index in [0.717, 1.165) is 5.69 Å². The van der Waals surface area contributed by atoms with Gasteiger partial charge in [-0.15, -0.1) is 0 Å². The Morgan fingerprint density at radius 3 is 2.58 bits per heavy atom. The van der Waals surface area contributed by atoms with Gasteiger partial charge in [-0.25, -0.2) is 0 Å². The van der Waals surface area contributed by atoms with Crippen LogP contribution in [-0.2, 0) is 4.79 Å². The van der Waals surface area contributed by atoms with E-state index in [9.17, 15) is 14.9 Å². The van der Waals surface area contributed by atoms with Crippen LogP contribution in [0.15, 0.2) is 18.2 Å². The molecule has 0 saturated carbocycles. The summed E-state index contributed by atoms with van der Waals surface area (Å²) < 4.78 is 0. The number of piperidine rings is 1. The Labute approximate surface area is 110 Å². The van der Waals surface area contributed by atoms with Crippen molar-refractivity contribution in [1.82, 2.24) is 0 Å². The number of rotatable bonds is 3. The van der Waals surface area contributed by atoms with Crippen molar-refractivity contribution in [1.29, 1.82) is 0 Å². The maximum absolute atomic E-state index is 10.9. The van der Waals surface area contributed by atoms with Crippen LogP contribution in [0.5, 0.6) is 0 Å². The monoisotopic (exact) mass is 264 g/mol. The summed E-state index contributed by atoms with van der Waals surface area (Å²) in [5, 5.41) is 19.8. The van der Waals surface area contributed by atoms with Gasteiger partial charge in [0, 0.05) is 30.4 Å². The fraction of sp³-hybridized carbons (Fsp3) is 0.462. The third kappa shape index (κ3) is 2.83. The SMILES string of the molecule is Cc1ccc(N2CCC(C(=O)O)CC2)cc1[N+](=O)[O-]. The number of carboxylic acids is 1. The van der Waals surface area contributed by atoms with Crippen molar-refractivity contribution in [2.45, 2.75) is 19.8 Å². The summed E-state index contributed by atoms with van der Waals surface area (Å²) in [7, 11) is 0. The zero-order chi connectivity index (χ0) is 14.0. The minimum absolute atomic E-state index is 0.109. The van der Waals surface area contributed by atoms with E-state index in [1.807, 2.05) is 11.0 Å². The molecule has 0 atom stereocenters. The first-order valence-corrected chi connectivity index (χ1v) is 6.22. The lowest BCUT2D eigenvalue weighted by Gasteiger charge is -2.31. The Kier molecular flexibility index (Phi) is 3.69. The topological polar surface area (TPSA) is 83.7 Å². The third-order valence-electron chi connectivity index (χ3n) is 3.60. The number of carboxylic acid groups (broad SMARTS) is 1. The van der Waals surface area contributed by atoms with Gasteiger partial charge in [0.1, 0.15) is 0 Å². The number of hydrogen-bond donors (Lipinski definition) is 1. The summed E-state index contributed by atoms with van der Waals surface area (Å²) in [6.07, 6.45) is 1.16. The van der Waals surface area contributed by atoms with E-state index in [4.69, 9.17) is 5.11 Å². The number of nitrogens with zero attached hydrogens (tertiary/aromatic N) is 2. The van der Waals surface area contributed by atoms with Gasteiger partial charge in [0.15, 0.2) is 0 Å². The average Bonchev–Trinajstić information content (AvgIpc) is 2.39. The Hall–Kier alpha value is -2.11. The molecular formula is C13H16N2O4. The van der Waals surface area contributed by atoms with E-state index < -0.39 is 5.97 Å². The Balaban J connectivity index is 2.14. The predicted molar refractivity (Wildman–Crippen MR) is 70.4 cm³/mol. The van der Waals surface area contributed by atoms with Crippen LogP contribution in [0.3, 0.4) is 0 Å². The number of benzene rings is 1. The summed E-state index contributed by atoms with van der Waals surface area (Å²) in [4.78, 5) is 23.4. The van der Waals surface area contributed by atoms with Crippen LogP contribution in [-0.4, -0.2) is 29.1 Å². The minimum atomic E-state index is -0.755. The number of hydrogen-bond acceptors (Lipinski definition) is 4. The summed E-state index contributed by atoms with van der Waals surface area (Å²) in [6, 6.07) is 5.15. The second-order valence-electron chi connectivity index (χ2n) is 4.83. The van der Waals surface area contributed by atoms with E-state index in [1.54, 1.807) is 19.1 Å². The second-order valence-corrected chi connectivity index (χ2v) is 4.83. The average molecular weight is 264 g/mol. The predicted octanol–water partition coefficient (Wildman–Crippen LogP) is 2.20. The largest absolute Gasteiger partial charge is 0.481 e. The quantitative estimate of drug-likeness (QED) is 0.668. The van der Waals surface area contributed by atoms with Crippen molar-refractivity contribution in [3.05, 3.63) is 33.9 Å². The summed E-state index contributed by atoms with van der Waals surface area (Å²) in [5.41, 5.74) is 1.54. The second kappa shape index (κ2) is 5.26. The van der Waals surface area contributed by atoms with Gasteiger partial charge in [0.05, 0.1) is 10.8 Å². The van der Waals surface area contributed by atoms with Gasteiger partial charge in [-0.3, -0.25) is 14.9 Å². The van der Waals surface area contributed by atoms with E-state index in [-0.39, 0.29) is 16.5 Å². The van der Waals surface area contributed by atoms with E-state index in [1.165, 1.54) is 0 Å². The van der Waals surface area contributed by atoms with Gasteiger partial charge in [0.25, 0.3) is 5.69 Å². The lowest BCUT2D eigenvalue weighted by Crippen LogP contribution is -2.36. The fourth-order valence-electron chi connectivity index (χ4n) is 2.38. The molecule has 1 aliphatic rings. The normalized spacial score (nSPS) is 16.4. The Bertz CT molecular complexity index is 507. The molecule has 2 rings (SSSR count). The molecule has 1 aromatic rings. The highest BCUT2D eigenvalue weighted by Crippen LogP contribution is 2.28. The molecule has 6 nitrogen and oxygen atoms in total. The number of nitro groups is 1. The van der Waals surface area contributed by atoms with Crippen LogP contribution in [0.1, 0.15) is 18.4 Å². The molecule has 6 heteroatoms. The van der Waals surface area contributed by atoms with E-state index in [2.05, 4.69) is 0 Å². The molecule has 0 spiro atoms. The molecule has 1 heterocycles. The molecule has 0 unspecified atom stereocenters. The van der Waals surface area contributed by atoms with Crippen molar-refractivity contribution < 1.29 is 14.8 Å². The summed E-state index contributed by atoms with van der Waals surface area (Å²) in [6.45, 7) is 2.95. The van der Waals surface area contributed by atoms with Crippen molar-refractivity contribution in [3.8, 4) is 0 Å². The maximum Gasteiger partial charge on any atom is 0.306 e. The van der Waals surface area contributed by atoms with E-state index in [0.29, 0.717) is 31.5 Å². The highest BCUT2D eigenvalue weighted by molar-refractivity contribution is 5.70. The fourth-order valence-corrected chi connectivity index (χ4v) is 2.38. The first-order chi connectivity index (χ1) is 8.99. The van der Waals surface area contributed by atoms with Gasteiger partial charge < -0.3 is 10.0 Å². The molecule has 0 bridgehead atoms. The zero-order valence-corrected chi connectivity index (χ0v) is 10.7. The molecular weight excluding hydrogens is 248 g/mol. The lowest BCUT2D eigenvalue weighted by atomic mass is 9.96. The van der Waals surface area contributed by atoms with Gasteiger partial charge >= 0.3 is 5.97 Å².